The lowest BCUT2D eigenvalue weighted by Crippen LogP contribution is -2.21. The quantitative estimate of drug-likeness (QED) is 0.832. The molecule has 1 atom stereocenters. The maximum Gasteiger partial charge on any atom is 0.0686 e. The van der Waals surface area contributed by atoms with Crippen LogP contribution in [0.25, 0.3) is 0 Å². The lowest BCUT2D eigenvalue weighted by Gasteiger charge is -2.18. The van der Waals surface area contributed by atoms with E-state index in [9.17, 15) is 0 Å². The van der Waals surface area contributed by atoms with Crippen LogP contribution in [0.2, 0.25) is 10.0 Å². The summed E-state index contributed by atoms with van der Waals surface area (Å²) in [4.78, 5) is 1.14. The standard InChI is InChI=1S/C14H15Cl2NS/c1-3-17-13(14-11(15)6-7-18-14)10-5-4-9(2)12(16)8-10/h4-8,13,17H,3H2,1-2H3. The first-order valence-corrected chi connectivity index (χ1v) is 7.49. The van der Waals surface area contributed by atoms with E-state index in [1.165, 1.54) is 0 Å². The summed E-state index contributed by atoms with van der Waals surface area (Å²) in [6, 6.07) is 8.20. The Balaban J connectivity index is 2.41. The van der Waals surface area contributed by atoms with Gasteiger partial charge in [-0.05, 0) is 42.1 Å². The van der Waals surface area contributed by atoms with Gasteiger partial charge in [-0.25, -0.2) is 0 Å². The third-order valence-corrected chi connectivity index (χ3v) is 4.67. The molecule has 1 heterocycles. The molecule has 0 fully saturated rings. The van der Waals surface area contributed by atoms with Gasteiger partial charge in [-0.15, -0.1) is 11.3 Å². The average Bonchev–Trinajstić information content (AvgIpc) is 2.76. The molecular weight excluding hydrogens is 285 g/mol. The lowest BCUT2D eigenvalue weighted by atomic mass is 10.0. The Morgan fingerprint density at radius 1 is 1.22 bits per heavy atom. The second kappa shape index (κ2) is 6.07. The first-order valence-electron chi connectivity index (χ1n) is 5.85. The number of benzene rings is 1. The zero-order chi connectivity index (χ0) is 13.1. The number of hydrogen-bond donors (Lipinski definition) is 1. The molecule has 0 amide bonds. The van der Waals surface area contributed by atoms with E-state index in [1.54, 1.807) is 11.3 Å². The minimum Gasteiger partial charge on any atom is -0.306 e. The van der Waals surface area contributed by atoms with Crippen molar-refractivity contribution in [2.75, 3.05) is 6.54 Å². The molecule has 2 aromatic rings. The molecule has 0 radical (unpaired) electrons. The van der Waals surface area contributed by atoms with Crippen LogP contribution in [0.3, 0.4) is 0 Å². The van der Waals surface area contributed by atoms with Crippen molar-refractivity contribution in [2.24, 2.45) is 0 Å². The van der Waals surface area contributed by atoms with E-state index in [-0.39, 0.29) is 6.04 Å². The third kappa shape index (κ3) is 2.89. The van der Waals surface area contributed by atoms with Gasteiger partial charge in [-0.2, -0.15) is 0 Å². The van der Waals surface area contributed by atoms with Crippen molar-refractivity contribution in [3.63, 3.8) is 0 Å². The Morgan fingerprint density at radius 3 is 2.56 bits per heavy atom. The third-order valence-electron chi connectivity index (χ3n) is 2.84. The predicted octanol–water partition coefficient (Wildman–Crippen LogP) is 5.06. The number of thiophene rings is 1. The normalized spacial score (nSPS) is 12.7. The van der Waals surface area contributed by atoms with Crippen LogP contribution in [0, 0.1) is 6.92 Å². The average molecular weight is 300 g/mol. The van der Waals surface area contributed by atoms with Crippen LogP contribution >= 0.6 is 34.5 Å². The highest BCUT2D eigenvalue weighted by atomic mass is 35.5. The highest BCUT2D eigenvalue weighted by Gasteiger charge is 2.17. The lowest BCUT2D eigenvalue weighted by molar-refractivity contribution is 0.640. The molecule has 1 unspecified atom stereocenters. The fourth-order valence-electron chi connectivity index (χ4n) is 1.87. The zero-order valence-corrected chi connectivity index (χ0v) is 12.7. The summed E-state index contributed by atoms with van der Waals surface area (Å²) in [5.41, 5.74) is 2.24. The van der Waals surface area contributed by atoms with Gasteiger partial charge in [0.2, 0.25) is 0 Å². The van der Waals surface area contributed by atoms with Crippen molar-refractivity contribution in [1.82, 2.24) is 5.32 Å². The zero-order valence-electron chi connectivity index (χ0n) is 10.3. The van der Waals surface area contributed by atoms with Gasteiger partial charge >= 0.3 is 0 Å². The molecule has 4 heteroatoms. The van der Waals surface area contributed by atoms with Gasteiger partial charge in [-0.1, -0.05) is 42.3 Å². The van der Waals surface area contributed by atoms with E-state index in [1.807, 2.05) is 30.5 Å². The molecule has 0 saturated carbocycles. The van der Waals surface area contributed by atoms with Gasteiger partial charge in [0, 0.05) is 9.90 Å². The van der Waals surface area contributed by atoms with Crippen molar-refractivity contribution in [3.05, 3.63) is 55.7 Å². The first-order chi connectivity index (χ1) is 8.63. The molecule has 96 valence electrons. The Labute approximate surface area is 122 Å². The molecule has 2 rings (SSSR count). The molecule has 0 bridgehead atoms. The summed E-state index contributed by atoms with van der Waals surface area (Å²) in [7, 11) is 0. The van der Waals surface area contributed by atoms with Crippen molar-refractivity contribution in [3.8, 4) is 0 Å². The minimum absolute atomic E-state index is 0.112. The van der Waals surface area contributed by atoms with E-state index >= 15 is 0 Å². The predicted molar refractivity (Wildman–Crippen MR) is 81.0 cm³/mol. The highest BCUT2D eigenvalue weighted by molar-refractivity contribution is 7.10. The largest absolute Gasteiger partial charge is 0.306 e. The van der Waals surface area contributed by atoms with Gasteiger partial charge in [0.05, 0.1) is 11.1 Å². The fraction of sp³-hybridized carbons (Fsp3) is 0.286. The van der Waals surface area contributed by atoms with Crippen molar-refractivity contribution in [1.29, 1.82) is 0 Å². The minimum atomic E-state index is 0.112. The summed E-state index contributed by atoms with van der Waals surface area (Å²) in [5.74, 6) is 0. The molecule has 1 nitrogen and oxygen atoms in total. The van der Waals surface area contributed by atoms with Crippen molar-refractivity contribution >= 4 is 34.5 Å². The van der Waals surface area contributed by atoms with Gasteiger partial charge in [0.1, 0.15) is 0 Å². The van der Waals surface area contributed by atoms with Gasteiger partial charge in [-0.3, -0.25) is 0 Å². The molecule has 0 aliphatic rings. The Hall–Kier alpha value is -0.540. The number of rotatable bonds is 4. The van der Waals surface area contributed by atoms with E-state index in [0.29, 0.717) is 0 Å². The molecule has 1 N–H and O–H groups in total. The van der Waals surface area contributed by atoms with Crippen LogP contribution in [0.15, 0.2) is 29.6 Å². The van der Waals surface area contributed by atoms with Crippen LogP contribution < -0.4 is 5.32 Å². The molecule has 18 heavy (non-hydrogen) atoms. The van der Waals surface area contributed by atoms with E-state index in [4.69, 9.17) is 23.2 Å². The maximum atomic E-state index is 6.23. The fourth-order valence-corrected chi connectivity index (χ4v) is 3.32. The summed E-state index contributed by atoms with van der Waals surface area (Å²) in [5, 5.41) is 7.07. The summed E-state index contributed by atoms with van der Waals surface area (Å²) >= 11 is 14.1. The summed E-state index contributed by atoms with van der Waals surface area (Å²) in [6.45, 7) is 4.97. The molecule has 0 spiro atoms. The van der Waals surface area contributed by atoms with Gasteiger partial charge < -0.3 is 5.32 Å². The van der Waals surface area contributed by atoms with Crippen LogP contribution in [-0.2, 0) is 0 Å². The number of hydrogen-bond acceptors (Lipinski definition) is 2. The second-order valence-corrected chi connectivity index (χ2v) is 5.89. The second-order valence-electron chi connectivity index (χ2n) is 4.13. The Kier molecular flexibility index (Phi) is 4.68. The molecule has 0 saturated heterocycles. The summed E-state index contributed by atoms with van der Waals surface area (Å²) in [6.07, 6.45) is 0. The van der Waals surface area contributed by atoms with Crippen LogP contribution in [0.1, 0.15) is 29.0 Å². The van der Waals surface area contributed by atoms with Crippen LogP contribution in [0.5, 0.6) is 0 Å². The molecular formula is C14H15Cl2NS. The van der Waals surface area contributed by atoms with E-state index in [0.717, 1.165) is 32.6 Å². The SMILES string of the molecule is CCNC(c1ccc(C)c(Cl)c1)c1sccc1Cl. The van der Waals surface area contributed by atoms with Crippen LogP contribution in [0.4, 0.5) is 0 Å². The number of aryl methyl sites for hydroxylation is 1. The van der Waals surface area contributed by atoms with Crippen molar-refractivity contribution < 1.29 is 0 Å². The molecule has 1 aromatic carbocycles. The smallest absolute Gasteiger partial charge is 0.0686 e. The first kappa shape index (κ1) is 13.9. The van der Waals surface area contributed by atoms with Gasteiger partial charge in [0.25, 0.3) is 0 Å². The number of halogens is 2. The van der Waals surface area contributed by atoms with E-state index in [2.05, 4.69) is 18.3 Å². The highest BCUT2D eigenvalue weighted by Crippen LogP contribution is 2.34. The van der Waals surface area contributed by atoms with Crippen LogP contribution in [-0.4, -0.2) is 6.54 Å². The van der Waals surface area contributed by atoms with E-state index < -0.39 is 0 Å². The Morgan fingerprint density at radius 2 is 2.00 bits per heavy atom. The monoisotopic (exact) mass is 299 g/mol. The van der Waals surface area contributed by atoms with Gasteiger partial charge in [0.15, 0.2) is 0 Å². The summed E-state index contributed by atoms with van der Waals surface area (Å²) < 4.78 is 0. The molecule has 1 aromatic heterocycles. The van der Waals surface area contributed by atoms with Crippen molar-refractivity contribution in [2.45, 2.75) is 19.9 Å². The molecule has 0 aliphatic heterocycles. The number of nitrogens with one attached hydrogen (secondary N) is 1. The molecule has 0 aliphatic carbocycles. The topological polar surface area (TPSA) is 12.0 Å². The Bertz CT molecular complexity index is 536. The maximum absolute atomic E-state index is 6.23.